The molecule has 2 unspecified atom stereocenters. The van der Waals surface area contributed by atoms with Crippen LogP contribution < -0.4 is 10.2 Å². The number of anilines is 1. The number of fused-ring (bicyclic) bond motifs is 2. The molecule has 2 aliphatic rings. The highest BCUT2D eigenvalue weighted by molar-refractivity contribution is 7.86. The zero-order valence-corrected chi connectivity index (χ0v) is 37.2. The van der Waals surface area contributed by atoms with E-state index in [4.69, 9.17) is 14.6 Å². The van der Waals surface area contributed by atoms with Crippen LogP contribution in [0.15, 0.2) is 82.3 Å². The van der Waals surface area contributed by atoms with Crippen molar-refractivity contribution < 1.29 is 67.7 Å². The van der Waals surface area contributed by atoms with Crippen LogP contribution in [0.5, 0.6) is 0 Å². The first kappa shape index (κ1) is 49.4. The summed E-state index contributed by atoms with van der Waals surface area (Å²) in [5.74, 6) is -1.69. The SMILES string of the molecule is COCCNC(=O)CCC1(C)C(=CC=CC=CC2=[N+](CCCCCC(=O)O)c3ccc(S(=O)(=O)O)cc3C2(C)CCCS(=O)(=O)O)N(CCOC)c2ccc(S(=O)(=O)O)cc21. The highest BCUT2D eigenvalue weighted by Crippen LogP contribution is 2.51. The van der Waals surface area contributed by atoms with Crippen LogP contribution in [0.2, 0.25) is 0 Å². The fraction of sp³-hybridized carbons (Fsp3) is 0.488. The number of carbonyl (C=O) groups excluding carboxylic acids is 1. The van der Waals surface area contributed by atoms with Gasteiger partial charge in [-0.2, -0.15) is 29.8 Å². The molecule has 1 amide bonds. The van der Waals surface area contributed by atoms with E-state index in [1.165, 1.54) is 31.4 Å². The summed E-state index contributed by atoms with van der Waals surface area (Å²) in [6, 6.07) is 8.53. The van der Waals surface area contributed by atoms with Crippen molar-refractivity contribution in [2.45, 2.75) is 85.8 Å². The van der Waals surface area contributed by atoms with Crippen molar-refractivity contribution in [1.82, 2.24) is 5.32 Å². The topological polar surface area (TPSA) is 254 Å². The van der Waals surface area contributed by atoms with Gasteiger partial charge in [0, 0.05) is 81.1 Å². The second kappa shape index (κ2) is 20.7. The third-order valence-corrected chi connectivity index (χ3v) is 13.6. The van der Waals surface area contributed by atoms with Crippen LogP contribution in [0.3, 0.4) is 0 Å². The van der Waals surface area contributed by atoms with Crippen LogP contribution in [0.4, 0.5) is 11.4 Å². The average Bonchev–Trinajstić information content (AvgIpc) is 3.54. The molecule has 0 aromatic heterocycles. The molecule has 0 aliphatic carbocycles. The average molecular weight is 911 g/mol. The van der Waals surface area contributed by atoms with Crippen LogP contribution in [-0.4, -0.2) is 119 Å². The first-order valence-electron chi connectivity index (χ1n) is 19.7. The molecular weight excluding hydrogens is 855 g/mol. The highest BCUT2D eigenvalue weighted by atomic mass is 32.2. The van der Waals surface area contributed by atoms with Crippen molar-refractivity contribution in [1.29, 1.82) is 0 Å². The van der Waals surface area contributed by atoms with E-state index in [1.54, 1.807) is 43.5 Å². The summed E-state index contributed by atoms with van der Waals surface area (Å²) in [6.07, 6.45) is 11.0. The van der Waals surface area contributed by atoms with Crippen molar-refractivity contribution in [3.8, 4) is 0 Å². The molecule has 336 valence electrons. The Morgan fingerprint density at radius 3 is 2.07 bits per heavy atom. The summed E-state index contributed by atoms with van der Waals surface area (Å²) < 4.78 is 114. The number of benzene rings is 2. The third kappa shape index (κ3) is 12.7. The van der Waals surface area contributed by atoms with Gasteiger partial charge in [0.15, 0.2) is 5.71 Å². The lowest BCUT2D eigenvalue weighted by Crippen LogP contribution is -2.33. The van der Waals surface area contributed by atoms with Crippen LogP contribution in [0, 0.1) is 0 Å². The Kier molecular flexibility index (Phi) is 16.8. The first-order valence-corrected chi connectivity index (χ1v) is 24.2. The molecule has 2 heterocycles. The number of hydrogen-bond acceptors (Lipinski definition) is 11. The zero-order valence-electron chi connectivity index (χ0n) is 34.7. The molecule has 0 fully saturated rings. The van der Waals surface area contributed by atoms with Gasteiger partial charge in [-0.15, -0.1) is 0 Å². The van der Waals surface area contributed by atoms with Crippen LogP contribution in [0.1, 0.15) is 76.3 Å². The first-order chi connectivity index (χ1) is 28.6. The fourth-order valence-corrected chi connectivity index (χ4v) is 9.53. The highest BCUT2D eigenvalue weighted by Gasteiger charge is 2.48. The number of methoxy groups -OCH3 is 2. The summed E-state index contributed by atoms with van der Waals surface area (Å²) >= 11 is 0. The number of unbranched alkanes of at least 4 members (excludes halogenated alkanes) is 2. The molecule has 17 nitrogen and oxygen atoms in total. The molecular formula is C41H56N3O14S3+. The van der Waals surface area contributed by atoms with Crippen molar-refractivity contribution in [2.24, 2.45) is 0 Å². The number of allylic oxidation sites excluding steroid dienone is 6. The molecule has 20 heteroatoms. The zero-order chi connectivity index (χ0) is 45.2. The minimum atomic E-state index is -4.62. The summed E-state index contributed by atoms with van der Waals surface area (Å²) in [5, 5.41) is 11.9. The number of carbonyl (C=O) groups is 2. The monoisotopic (exact) mass is 910 g/mol. The molecule has 0 spiro atoms. The van der Waals surface area contributed by atoms with E-state index in [1.807, 2.05) is 29.4 Å². The van der Waals surface area contributed by atoms with Crippen LogP contribution >= 0.6 is 0 Å². The maximum atomic E-state index is 12.9. The quantitative estimate of drug-likeness (QED) is 0.0410. The lowest BCUT2D eigenvalue weighted by molar-refractivity contribution is -0.438. The number of carboxylic acids is 1. The smallest absolute Gasteiger partial charge is 0.303 e. The van der Waals surface area contributed by atoms with Gasteiger partial charge < -0.3 is 24.8 Å². The summed E-state index contributed by atoms with van der Waals surface area (Å²) in [7, 11) is -10.4. The van der Waals surface area contributed by atoms with E-state index in [0.29, 0.717) is 80.3 Å². The second-order valence-electron chi connectivity index (χ2n) is 15.4. The Hall–Kier alpha value is -4.28. The van der Waals surface area contributed by atoms with E-state index < -0.39 is 52.9 Å². The Morgan fingerprint density at radius 1 is 0.787 bits per heavy atom. The van der Waals surface area contributed by atoms with Gasteiger partial charge in [0.1, 0.15) is 6.54 Å². The fourth-order valence-electron chi connectivity index (χ4n) is 8.01. The predicted molar refractivity (Wildman–Crippen MR) is 228 cm³/mol. The van der Waals surface area contributed by atoms with Gasteiger partial charge in [-0.25, -0.2) is 0 Å². The van der Waals surface area contributed by atoms with Gasteiger partial charge >= 0.3 is 5.97 Å². The molecule has 5 N–H and O–H groups in total. The van der Waals surface area contributed by atoms with E-state index in [-0.39, 0.29) is 47.8 Å². The minimum absolute atomic E-state index is 0.00522. The number of amides is 1. The molecule has 2 aliphatic heterocycles. The van der Waals surface area contributed by atoms with Crippen LogP contribution in [0.25, 0.3) is 0 Å². The summed E-state index contributed by atoms with van der Waals surface area (Å²) in [4.78, 5) is 25.4. The predicted octanol–water partition coefficient (Wildman–Crippen LogP) is 4.81. The van der Waals surface area contributed by atoms with E-state index in [0.717, 1.165) is 5.70 Å². The van der Waals surface area contributed by atoms with Crippen molar-refractivity contribution in [2.75, 3.05) is 57.7 Å². The molecule has 0 radical (unpaired) electrons. The van der Waals surface area contributed by atoms with Gasteiger partial charge in [-0.3, -0.25) is 23.2 Å². The Balaban J connectivity index is 1.81. The minimum Gasteiger partial charge on any atom is -0.481 e. The van der Waals surface area contributed by atoms with Gasteiger partial charge in [-0.1, -0.05) is 18.2 Å². The standard InChI is InChI=1S/C41H55N3O14S3/c1-40(20-11-27-59(48,49)50)32-28-30(60(51,52)53)15-17-34(32)43(23-10-6-9-14-39(46)47)36(40)12-7-5-8-13-37-41(2,21-19-38(45)42-22-25-57-3)33-29-31(61(54,55)56)16-18-35(33)44(37)24-26-58-4/h5,7-8,12-13,15-18,28-29H,6,9-11,14,19-27H2,1-4H3,(H4-,42,45,46,47,48,49,50,51,52,53,54,55,56)/p+1. The van der Waals surface area contributed by atoms with E-state index in [2.05, 4.69) is 5.32 Å². The summed E-state index contributed by atoms with van der Waals surface area (Å²) in [6.45, 7) is 5.40. The third-order valence-electron chi connectivity index (χ3n) is 11.1. The number of ether oxygens (including phenoxy) is 2. The number of rotatable bonds is 24. The van der Waals surface area contributed by atoms with Gasteiger partial charge in [-0.05, 0) is 87.9 Å². The van der Waals surface area contributed by atoms with Gasteiger partial charge in [0.05, 0.1) is 34.2 Å². The lowest BCUT2D eigenvalue weighted by Gasteiger charge is -2.30. The maximum absolute atomic E-state index is 12.9. The number of aliphatic carboxylic acids is 1. The van der Waals surface area contributed by atoms with Crippen molar-refractivity contribution in [3.63, 3.8) is 0 Å². The number of hydrogen-bond donors (Lipinski definition) is 5. The van der Waals surface area contributed by atoms with E-state index >= 15 is 0 Å². The molecule has 0 bridgehead atoms. The van der Waals surface area contributed by atoms with Crippen LogP contribution in [-0.2, 0) is 60.2 Å². The number of nitrogens with zero attached hydrogens (tertiary/aromatic N) is 2. The van der Waals surface area contributed by atoms with Gasteiger partial charge in [0.2, 0.25) is 11.6 Å². The Morgan fingerprint density at radius 2 is 1.44 bits per heavy atom. The number of carboxylic acid groups (broad SMARTS) is 1. The molecule has 2 aromatic rings. The molecule has 4 rings (SSSR count). The molecule has 61 heavy (non-hydrogen) atoms. The maximum Gasteiger partial charge on any atom is 0.303 e. The van der Waals surface area contributed by atoms with Gasteiger partial charge in [0.25, 0.3) is 30.4 Å². The molecule has 2 aromatic carbocycles. The molecule has 2 atom stereocenters. The Labute approximate surface area is 358 Å². The normalized spacial score (nSPS) is 20.0. The lowest BCUT2D eigenvalue weighted by atomic mass is 9.76. The van der Waals surface area contributed by atoms with Crippen molar-refractivity contribution >= 4 is 59.3 Å². The number of nitrogens with one attached hydrogen (secondary N) is 1. The summed E-state index contributed by atoms with van der Waals surface area (Å²) in [5.41, 5.74) is 1.84. The van der Waals surface area contributed by atoms with Crippen molar-refractivity contribution in [3.05, 3.63) is 83.6 Å². The molecule has 0 saturated carbocycles. The largest absolute Gasteiger partial charge is 0.481 e. The second-order valence-corrected chi connectivity index (χ2v) is 19.8. The molecule has 0 saturated heterocycles. The Bertz CT molecular complexity index is 2410. The van der Waals surface area contributed by atoms with E-state index in [9.17, 15) is 48.5 Å².